The summed E-state index contributed by atoms with van der Waals surface area (Å²) in [5, 5.41) is 5.35. The quantitative estimate of drug-likeness (QED) is 0.897. The maximum atomic E-state index is 4.97. The summed E-state index contributed by atoms with van der Waals surface area (Å²) in [7, 11) is 0. The zero-order chi connectivity index (χ0) is 14.7. The van der Waals surface area contributed by atoms with E-state index >= 15 is 0 Å². The van der Waals surface area contributed by atoms with Crippen LogP contribution < -0.4 is 10.2 Å². The van der Waals surface area contributed by atoms with Crippen LogP contribution in [-0.2, 0) is 6.54 Å². The molecule has 2 rings (SSSR count). The van der Waals surface area contributed by atoms with E-state index in [9.17, 15) is 0 Å². The third-order valence-corrected chi connectivity index (χ3v) is 6.37. The van der Waals surface area contributed by atoms with Gasteiger partial charge in [0.25, 0.3) is 0 Å². The highest BCUT2D eigenvalue weighted by Crippen LogP contribution is 2.35. The first-order valence-electron chi connectivity index (χ1n) is 7.63. The van der Waals surface area contributed by atoms with Crippen molar-refractivity contribution < 1.29 is 0 Å². The molecule has 20 heavy (non-hydrogen) atoms. The van der Waals surface area contributed by atoms with Gasteiger partial charge in [-0.25, -0.2) is 4.98 Å². The molecule has 2 unspecified atom stereocenters. The van der Waals surface area contributed by atoms with Gasteiger partial charge < -0.3 is 10.2 Å². The summed E-state index contributed by atoms with van der Waals surface area (Å²) >= 11 is 3.96. The van der Waals surface area contributed by atoms with Crippen molar-refractivity contribution in [1.29, 1.82) is 0 Å². The van der Waals surface area contributed by atoms with Gasteiger partial charge in [0.1, 0.15) is 0 Å². The number of rotatable bonds is 5. The van der Waals surface area contributed by atoms with Crippen LogP contribution in [0.4, 0.5) is 5.13 Å². The lowest BCUT2D eigenvalue weighted by Crippen LogP contribution is -2.44. The summed E-state index contributed by atoms with van der Waals surface area (Å²) in [6.45, 7) is 14.4. The van der Waals surface area contributed by atoms with Crippen molar-refractivity contribution >= 4 is 28.2 Å². The van der Waals surface area contributed by atoms with Gasteiger partial charge in [0.2, 0.25) is 0 Å². The van der Waals surface area contributed by atoms with Gasteiger partial charge in [-0.05, 0) is 19.4 Å². The van der Waals surface area contributed by atoms with E-state index < -0.39 is 0 Å². The first kappa shape index (κ1) is 16.1. The summed E-state index contributed by atoms with van der Waals surface area (Å²) in [5.74, 6) is 1.71. The molecule has 1 fully saturated rings. The van der Waals surface area contributed by atoms with Crippen LogP contribution in [0.5, 0.6) is 0 Å². The standard InChI is InChI=1S/C15H27N3S2/c1-6-16-9-13-14(10(2)3)17-15(20-13)18-7-8-19-12(5)11(18)4/h10-12,16H,6-9H2,1-5H3. The fraction of sp³-hybridized carbons (Fsp3) is 0.800. The molecule has 1 saturated heterocycles. The van der Waals surface area contributed by atoms with Gasteiger partial charge in [-0.1, -0.05) is 27.7 Å². The molecule has 0 bridgehead atoms. The fourth-order valence-electron chi connectivity index (χ4n) is 2.49. The predicted octanol–water partition coefficient (Wildman–Crippen LogP) is 3.71. The molecule has 0 aromatic carbocycles. The van der Waals surface area contributed by atoms with E-state index in [1.807, 2.05) is 11.3 Å². The third kappa shape index (κ3) is 3.49. The fourth-order valence-corrected chi connectivity index (χ4v) is 4.89. The van der Waals surface area contributed by atoms with Gasteiger partial charge in [-0.15, -0.1) is 11.3 Å². The molecule has 1 aliphatic rings. The highest BCUT2D eigenvalue weighted by Gasteiger charge is 2.28. The SMILES string of the molecule is CCNCc1sc(N2CCSC(C)C2C)nc1C(C)C. The summed E-state index contributed by atoms with van der Waals surface area (Å²) in [4.78, 5) is 8.89. The number of nitrogens with zero attached hydrogens (tertiary/aromatic N) is 2. The molecule has 0 saturated carbocycles. The van der Waals surface area contributed by atoms with Gasteiger partial charge in [0.05, 0.1) is 5.69 Å². The van der Waals surface area contributed by atoms with E-state index in [4.69, 9.17) is 4.98 Å². The summed E-state index contributed by atoms with van der Waals surface area (Å²) in [6, 6.07) is 0.576. The Labute approximate surface area is 131 Å². The second kappa shape index (κ2) is 7.14. The third-order valence-electron chi connectivity index (χ3n) is 3.93. The first-order chi connectivity index (χ1) is 9.54. The number of nitrogens with one attached hydrogen (secondary N) is 1. The van der Waals surface area contributed by atoms with Crippen molar-refractivity contribution in [3.63, 3.8) is 0 Å². The van der Waals surface area contributed by atoms with Crippen LogP contribution in [-0.4, -0.2) is 35.1 Å². The molecule has 5 heteroatoms. The van der Waals surface area contributed by atoms with Crippen LogP contribution in [0, 0.1) is 0 Å². The first-order valence-corrected chi connectivity index (χ1v) is 9.49. The van der Waals surface area contributed by atoms with E-state index in [1.165, 1.54) is 21.5 Å². The van der Waals surface area contributed by atoms with E-state index in [-0.39, 0.29) is 0 Å². The predicted molar refractivity (Wildman–Crippen MR) is 92.3 cm³/mol. The largest absolute Gasteiger partial charge is 0.343 e. The van der Waals surface area contributed by atoms with Crippen LogP contribution in [0.15, 0.2) is 0 Å². The van der Waals surface area contributed by atoms with Crippen molar-refractivity contribution in [2.24, 2.45) is 0 Å². The molecule has 1 N–H and O–H groups in total. The molecule has 1 aliphatic heterocycles. The molecule has 1 aromatic heterocycles. The zero-order valence-electron chi connectivity index (χ0n) is 13.3. The molecule has 3 nitrogen and oxygen atoms in total. The lowest BCUT2D eigenvalue weighted by molar-refractivity contribution is 0.623. The van der Waals surface area contributed by atoms with Crippen LogP contribution in [0.2, 0.25) is 0 Å². The Morgan fingerprint density at radius 3 is 2.80 bits per heavy atom. The number of hydrogen-bond acceptors (Lipinski definition) is 5. The Morgan fingerprint density at radius 1 is 1.40 bits per heavy atom. The zero-order valence-corrected chi connectivity index (χ0v) is 14.9. The Bertz CT molecular complexity index is 431. The molecule has 114 valence electrons. The molecule has 2 atom stereocenters. The molecule has 0 radical (unpaired) electrons. The minimum Gasteiger partial charge on any atom is -0.343 e. The average molecular weight is 314 g/mol. The van der Waals surface area contributed by atoms with Gasteiger partial charge in [0, 0.05) is 35.0 Å². The number of anilines is 1. The van der Waals surface area contributed by atoms with E-state index in [1.54, 1.807) is 0 Å². The Morgan fingerprint density at radius 2 is 2.15 bits per heavy atom. The van der Waals surface area contributed by atoms with E-state index in [0.717, 1.165) is 19.6 Å². The van der Waals surface area contributed by atoms with E-state index in [2.05, 4.69) is 56.6 Å². The highest BCUT2D eigenvalue weighted by molar-refractivity contribution is 8.00. The molecule has 0 aliphatic carbocycles. The molecule has 2 heterocycles. The smallest absolute Gasteiger partial charge is 0.186 e. The summed E-state index contributed by atoms with van der Waals surface area (Å²) in [5.41, 5.74) is 1.28. The minimum absolute atomic E-state index is 0.501. The highest BCUT2D eigenvalue weighted by atomic mass is 32.2. The Hall–Kier alpha value is -0.260. The Balaban J connectivity index is 2.23. The molecular weight excluding hydrogens is 286 g/mol. The van der Waals surface area contributed by atoms with E-state index in [0.29, 0.717) is 17.2 Å². The van der Waals surface area contributed by atoms with Crippen molar-refractivity contribution in [2.45, 2.75) is 58.4 Å². The van der Waals surface area contributed by atoms with Crippen molar-refractivity contribution in [2.75, 3.05) is 23.7 Å². The number of thioether (sulfide) groups is 1. The van der Waals surface area contributed by atoms with Crippen molar-refractivity contribution in [1.82, 2.24) is 10.3 Å². The average Bonchev–Trinajstić information content (AvgIpc) is 2.83. The summed E-state index contributed by atoms with van der Waals surface area (Å²) in [6.07, 6.45) is 0. The van der Waals surface area contributed by atoms with Crippen molar-refractivity contribution in [3.05, 3.63) is 10.6 Å². The van der Waals surface area contributed by atoms with Gasteiger partial charge in [-0.3, -0.25) is 0 Å². The minimum atomic E-state index is 0.501. The van der Waals surface area contributed by atoms with Crippen LogP contribution in [0.25, 0.3) is 0 Å². The van der Waals surface area contributed by atoms with Crippen molar-refractivity contribution in [3.8, 4) is 0 Å². The van der Waals surface area contributed by atoms with Gasteiger partial charge >= 0.3 is 0 Å². The second-order valence-corrected chi connectivity index (χ2v) is 8.30. The maximum Gasteiger partial charge on any atom is 0.186 e. The number of hydrogen-bond donors (Lipinski definition) is 1. The summed E-state index contributed by atoms with van der Waals surface area (Å²) < 4.78 is 0. The lowest BCUT2D eigenvalue weighted by atomic mass is 10.1. The lowest BCUT2D eigenvalue weighted by Gasteiger charge is -2.37. The molecule has 1 aromatic rings. The monoisotopic (exact) mass is 313 g/mol. The molecule has 0 spiro atoms. The molecule has 0 amide bonds. The van der Waals surface area contributed by atoms with Crippen LogP contribution >= 0.6 is 23.1 Å². The molecular formula is C15H27N3S2. The second-order valence-electron chi connectivity index (χ2n) is 5.75. The van der Waals surface area contributed by atoms with Crippen LogP contribution in [0.3, 0.4) is 0 Å². The topological polar surface area (TPSA) is 28.2 Å². The van der Waals surface area contributed by atoms with Crippen LogP contribution in [0.1, 0.15) is 51.1 Å². The number of aromatic nitrogens is 1. The normalized spacial score (nSPS) is 23.6. The van der Waals surface area contributed by atoms with Gasteiger partial charge in [-0.2, -0.15) is 11.8 Å². The van der Waals surface area contributed by atoms with Gasteiger partial charge in [0.15, 0.2) is 5.13 Å². The Kier molecular flexibility index (Phi) is 5.75. The number of thiazole rings is 1. The maximum absolute atomic E-state index is 4.97.